The van der Waals surface area contributed by atoms with Gasteiger partial charge in [0.25, 0.3) is 11.2 Å². The molecular weight excluding hydrogens is 396 g/mol. The molecular formula is C18H18N6O6. The van der Waals surface area contributed by atoms with Gasteiger partial charge in [-0.1, -0.05) is 0 Å². The Balaban J connectivity index is 1.60. The number of nitrogens with one attached hydrogen (secondary N) is 3. The number of benzene rings is 1. The quantitative estimate of drug-likeness (QED) is 0.484. The number of nitro groups is 1. The lowest BCUT2D eigenvalue weighted by molar-refractivity contribution is -0.384. The van der Waals surface area contributed by atoms with Gasteiger partial charge in [0, 0.05) is 37.3 Å². The fourth-order valence-electron chi connectivity index (χ4n) is 3.40. The summed E-state index contributed by atoms with van der Waals surface area (Å²) in [5.74, 6) is -1.69. The van der Waals surface area contributed by atoms with Crippen molar-refractivity contribution in [2.45, 2.75) is 12.3 Å². The summed E-state index contributed by atoms with van der Waals surface area (Å²) >= 11 is 0. The van der Waals surface area contributed by atoms with Gasteiger partial charge in [-0.15, -0.1) is 0 Å². The number of non-ortho nitro benzene ring substituents is 1. The third-order valence-corrected chi connectivity index (χ3v) is 4.91. The standard InChI is InChI=1S/C18H18N6O6/c25-13-9-12(16(26)19-10-1-3-11(4-2-10)24(28)29)14-15(20-13)21-18(22-17(14)27)23-5-7-30-8-6-23/h1-4,12H,5-9H2,(H,19,26)(H2,20,21,22,25,27). The van der Waals surface area contributed by atoms with Crippen LogP contribution in [0.15, 0.2) is 29.1 Å². The van der Waals surface area contributed by atoms with E-state index < -0.39 is 28.2 Å². The molecule has 0 spiro atoms. The number of hydrogen-bond acceptors (Lipinski definition) is 8. The van der Waals surface area contributed by atoms with Crippen molar-refractivity contribution in [1.82, 2.24) is 9.97 Å². The molecule has 0 aliphatic carbocycles. The first-order valence-corrected chi connectivity index (χ1v) is 9.24. The number of nitro benzene ring substituents is 1. The van der Waals surface area contributed by atoms with E-state index in [9.17, 15) is 24.5 Å². The predicted molar refractivity (Wildman–Crippen MR) is 106 cm³/mol. The Kier molecular flexibility index (Phi) is 5.14. The Labute approximate surface area is 169 Å². The number of fused-ring (bicyclic) bond motifs is 1. The first kappa shape index (κ1) is 19.5. The third-order valence-electron chi connectivity index (χ3n) is 4.91. The molecule has 4 rings (SSSR count). The van der Waals surface area contributed by atoms with E-state index in [1.807, 2.05) is 4.90 Å². The lowest BCUT2D eigenvalue weighted by Crippen LogP contribution is -2.41. The number of rotatable bonds is 4. The summed E-state index contributed by atoms with van der Waals surface area (Å²) in [6, 6.07) is 5.26. The summed E-state index contributed by atoms with van der Waals surface area (Å²) in [6.07, 6.45) is -0.215. The van der Waals surface area contributed by atoms with Crippen LogP contribution in [-0.4, -0.2) is 53.0 Å². The number of aromatic nitrogens is 2. The molecule has 1 saturated heterocycles. The largest absolute Gasteiger partial charge is 0.378 e. The SMILES string of the molecule is O=C1CC(C(=O)Nc2ccc([N+](=O)[O-])cc2)c2c(nc(N3CCOCC3)[nH]c2=O)N1. The molecule has 2 aliphatic heterocycles. The highest BCUT2D eigenvalue weighted by Gasteiger charge is 2.35. The molecule has 2 amide bonds. The summed E-state index contributed by atoms with van der Waals surface area (Å²) in [6.45, 7) is 2.07. The van der Waals surface area contributed by atoms with E-state index in [-0.39, 0.29) is 23.5 Å². The minimum absolute atomic E-state index is 0.0559. The molecule has 2 aromatic rings. The van der Waals surface area contributed by atoms with Gasteiger partial charge in [0.05, 0.1) is 29.6 Å². The zero-order valence-electron chi connectivity index (χ0n) is 15.7. The van der Waals surface area contributed by atoms with Crippen LogP contribution in [0.1, 0.15) is 17.9 Å². The fraction of sp³-hybridized carbons (Fsp3) is 0.333. The van der Waals surface area contributed by atoms with E-state index in [0.717, 1.165) is 0 Å². The van der Waals surface area contributed by atoms with Crippen molar-refractivity contribution in [3.05, 3.63) is 50.3 Å². The number of anilines is 3. The van der Waals surface area contributed by atoms with Crippen LogP contribution < -0.4 is 21.1 Å². The summed E-state index contributed by atoms with van der Waals surface area (Å²) in [4.78, 5) is 56.8. The lowest BCUT2D eigenvalue weighted by Gasteiger charge is -2.29. The van der Waals surface area contributed by atoms with E-state index in [1.54, 1.807) is 0 Å². The number of amides is 2. The number of carbonyl (C=O) groups is 2. The number of ether oxygens (including phenoxy) is 1. The van der Waals surface area contributed by atoms with Gasteiger partial charge in [-0.3, -0.25) is 29.5 Å². The monoisotopic (exact) mass is 414 g/mol. The molecule has 0 bridgehead atoms. The van der Waals surface area contributed by atoms with Crippen LogP contribution in [-0.2, 0) is 14.3 Å². The van der Waals surface area contributed by atoms with Crippen LogP contribution in [0.4, 0.5) is 23.1 Å². The maximum absolute atomic E-state index is 12.8. The topological polar surface area (TPSA) is 160 Å². The summed E-state index contributed by atoms with van der Waals surface area (Å²) in [7, 11) is 0. The van der Waals surface area contributed by atoms with Gasteiger partial charge < -0.3 is 20.3 Å². The van der Waals surface area contributed by atoms with Crippen molar-refractivity contribution in [2.75, 3.05) is 41.8 Å². The molecule has 0 radical (unpaired) electrons. The molecule has 0 saturated carbocycles. The Morgan fingerprint density at radius 3 is 2.60 bits per heavy atom. The highest BCUT2D eigenvalue weighted by Crippen LogP contribution is 2.30. The predicted octanol–water partition coefficient (Wildman–Crippen LogP) is 0.579. The number of hydrogen-bond donors (Lipinski definition) is 3. The molecule has 1 fully saturated rings. The molecule has 1 aromatic carbocycles. The number of aromatic amines is 1. The summed E-state index contributed by atoms with van der Waals surface area (Å²) in [5, 5.41) is 15.9. The molecule has 156 valence electrons. The molecule has 12 heteroatoms. The van der Waals surface area contributed by atoms with Crippen LogP contribution in [0, 0.1) is 10.1 Å². The van der Waals surface area contributed by atoms with E-state index in [1.165, 1.54) is 24.3 Å². The Hall–Kier alpha value is -3.80. The average Bonchev–Trinajstić information content (AvgIpc) is 2.73. The average molecular weight is 414 g/mol. The minimum atomic E-state index is -1.04. The molecule has 30 heavy (non-hydrogen) atoms. The molecule has 1 unspecified atom stereocenters. The van der Waals surface area contributed by atoms with Crippen molar-refractivity contribution in [3.8, 4) is 0 Å². The Morgan fingerprint density at radius 2 is 1.93 bits per heavy atom. The molecule has 12 nitrogen and oxygen atoms in total. The highest BCUT2D eigenvalue weighted by atomic mass is 16.6. The van der Waals surface area contributed by atoms with Crippen LogP contribution in [0.2, 0.25) is 0 Å². The maximum atomic E-state index is 12.8. The Bertz CT molecular complexity index is 1060. The first-order chi connectivity index (χ1) is 14.4. The van der Waals surface area contributed by atoms with Gasteiger partial charge in [-0.05, 0) is 12.1 Å². The second kappa shape index (κ2) is 7.91. The van der Waals surface area contributed by atoms with Crippen LogP contribution in [0.3, 0.4) is 0 Å². The molecule has 1 atom stereocenters. The van der Waals surface area contributed by atoms with Crippen molar-refractivity contribution in [3.63, 3.8) is 0 Å². The van der Waals surface area contributed by atoms with Gasteiger partial charge in [0.2, 0.25) is 17.8 Å². The third kappa shape index (κ3) is 3.85. The molecule has 2 aliphatic rings. The smallest absolute Gasteiger partial charge is 0.269 e. The number of nitrogens with zero attached hydrogens (tertiary/aromatic N) is 3. The minimum Gasteiger partial charge on any atom is -0.378 e. The zero-order valence-corrected chi connectivity index (χ0v) is 15.7. The normalized spacial score (nSPS) is 18.3. The van der Waals surface area contributed by atoms with Crippen LogP contribution >= 0.6 is 0 Å². The van der Waals surface area contributed by atoms with Crippen molar-refractivity contribution >= 4 is 35.0 Å². The molecule has 3 N–H and O–H groups in total. The number of H-pyrrole nitrogens is 1. The van der Waals surface area contributed by atoms with Crippen LogP contribution in [0.25, 0.3) is 0 Å². The van der Waals surface area contributed by atoms with Crippen molar-refractivity contribution in [2.24, 2.45) is 0 Å². The summed E-state index contributed by atoms with van der Waals surface area (Å²) in [5.41, 5.74) is -0.240. The second-order valence-electron chi connectivity index (χ2n) is 6.85. The Morgan fingerprint density at radius 1 is 1.23 bits per heavy atom. The fourth-order valence-corrected chi connectivity index (χ4v) is 3.40. The van der Waals surface area contributed by atoms with Crippen LogP contribution in [0.5, 0.6) is 0 Å². The van der Waals surface area contributed by atoms with Crippen molar-refractivity contribution < 1.29 is 19.2 Å². The highest BCUT2D eigenvalue weighted by molar-refractivity contribution is 6.04. The van der Waals surface area contributed by atoms with E-state index in [4.69, 9.17) is 4.74 Å². The maximum Gasteiger partial charge on any atom is 0.269 e. The van der Waals surface area contributed by atoms with Crippen molar-refractivity contribution in [1.29, 1.82) is 0 Å². The molecule has 3 heterocycles. The van der Waals surface area contributed by atoms with Gasteiger partial charge in [0.1, 0.15) is 5.82 Å². The number of morpholine rings is 1. The zero-order chi connectivity index (χ0) is 21.3. The van der Waals surface area contributed by atoms with Gasteiger partial charge in [-0.25, -0.2) is 0 Å². The van der Waals surface area contributed by atoms with E-state index in [2.05, 4.69) is 20.6 Å². The van der Waals surface area contributed by atoms with Gasteiger partial charge >= 0.3 is 0 Å². The number of carbonyl (C=O) groups excluding carboxylic acids is 2. The summed E-state index contributed by atoms with van der Waals surface area (Å²) < 4.78 is 5.29. The molecule has 1 aromatic heterocycles. The first-order valence-electron chi connectivity index (χ1n) is 9.24. The van der Waals surface area contributed by atoms with Gasteiger partial charge in [-0.2, -0.15) is 4.98 Å². The second-order valence-corrected chi connectivity index (χ2v) is 6.85. The van der Waals surface area contributed by atoms with E-state index in [0.29, 0.717) is 37.9 Å². The van der Waals surface area contributed by atoms with E-state index >= 15 is 0 Å². The lowest BCUT2D eigenvalue weighted by atomic mass is 9.92. The van der Waals surface area contributed by atoms with Gasteiger partial charge in [0.15, 0.2) is 0 Å².